The van der Waals surface area contributed by atoms with Gasteiger partial charge in [0, 0.05) is 11.5 Å². The first kappa shape index (κ1) is 17.9. The lowest BCUT2D eigenvalue weighted by molar-refractivity contribution is 0.102. The molecule has 1 aromatic carbocycles. The van der Waals surface area contributed by atoms with E-state index in [2.05, 4.69) is 15.5 Å². The number of carbonyl (C=O) groups excluding carboxylic acids is 1. The van der Waals surface area contributed by atoms with Crippen LogP contribution in [0.25, 0.3) is 0 Å². The van der Waals surface area contributed by atoms with Crippen molar-refractivity contribution in [1.29, 1.82) is 0 Å². The fraction of sp³-hybridized carbons (Fsp3) is 0.471. The summed E-state index contributed by atoms with van der Waals surface area (Å²) in [6.45, 7) is 4.85. The van der Waals surface area contributed by atoms with Crippen LogP contribution in [0.4, 0.5) is 5.13 Å². The second-order valence-electron chi connectivity index (χ2n) is 5.74. The zero-order valence-corrected chi connectivity index (χ0v) is 15.7. The molecular formula is C17H20ClN3O3S. The second kappa shape index (κ2) is 8.01. The third kappa shape index (κ3) is 4.41. The quantitative estimate of drug-likeness (QED) is 0.728. The normalized spacial score (nSPS) is 13.6. The molecule has 1 aliphatic carbocycles. The van der Waals surface area contributed by atoms with Crippen molar-refractivity contribution in [3.8, 4) is 11.5 Å². The van der Waals surface area contributed by atoms with Crippen LogP contribution >= 0.6 is 22.9 Å². The van der Waals surface area contributed by atoms with Gasteiger partial charge in [-0.25, -0.2) is 0 Å². The van der Waals surface area contributed by atoms with Crippen LogP contribution in [-0.4, -0.2) is 29.3 Å². The number of ether oxygens (including phenoxy) is 2. The van der Waals surface area contributed by atoms with E-state index in [-0.39, 0.29) is 5.91 Å². The van der Waals surface area contributed by atoms with E-state index in [1.165, 1.54) is 11.3 Å². The maximum Gasteiger partial charge on any atom is 0.257 e. The Balaban J connectivity index is 1.78. The lowest BCUT2D eigenvalue weighted by atomic mass is 10.2. The maximum atomic E-state index is 12.5. The molecule has 0 aliphatic heterocycles. The minimum absolute atomic E-state index is 0.302. The van der Waals surface area contributed by atoms with E-state index in [0.717, 1.165) is 24.3 Å². The van der Waals surface area contributed by atoms with E-state index >= 15 is 0 Å². The molecule has 0 saturated heterocycles. The van der Waals surface area contributed by atoms with Gasteiger partial charge in [0.1, 0.15) is 5.01 Å². The smallest absolute Gasteiger partial charge is 0.257 e. The monoisotopic (exact) mass is 381 g/mol. The molecule has 1 N–H and O–H groups in total. The molecule has 1 aliphatic rings. The summed E-state index contributed by atoms with van der Waals surface area (Å²) in [5.74, 6) is 1.14. The van der Waals surface area contributed by atoms with Gasteiger partial charge < -0.3 is 9.47 Å². The SMILES string of the molecule is CCCOc1c(Cl)cc(C(=O)Nc2nnc(C3CC3)s2)cc1OCC. The summed E-state index contributed by atoms with van der Waals surface area (Å²) in [5, 5.41) is 12.7. The van der Waals surface area contributed by atoms with Gasteiger partial charge in [-0.3, -0.25) is 10.1 Å². The first-order chi connectivity index (χ1) is 12.1. The lowest BCUT2D eigenvalue weighted by Gasteiger charge is -2.14. The number of halogens is 1. The Morgan fingerprint density at radius 1 is 1.32 bits per heavy atom. The summed E-state index contributed by atoms with van der Waals surface area (Å²) in [7, 11) is 0. The number of nitrogens with zero attached hydrogens (tertiary/aromatic N) is 2. The Labute approximate surface area is 155 Å². The molecule has 25 heavy (non-hydrogen) atoms. The van der Waals surface area contributed by atoms with E-state index in [1.54, 1.807) is 12.1 Å². The Morgan fingerprint density at radius 3 is 2.80 bits per heavy atom. The van der Waals surface area contributed by atoms with Crippen molar-refractivity contribution < 1.29 is 14.3 Å². The second-order valence-corrected chi connectivity index (χ2v) is 7.16. The van der Waals surface area contributed by atoms with E-state index in [0.29, 0.717) is 46.3 Å². The van der Waals surface area contributed by atoms with Crippen molar-refractivity contribution >= 4 is 34.0 Å². The predicted octanol–water partition coefficient (Wildman–Crippen LogP) is 4.51. The van der Waals surface area contributed by atoms with Crippen LogP contribution < -0.4 is 14.8 Å². The van der Waals surface area contributed by atoms with Crippen LogP contribution in [0.1, 0.15) is 54.4 Å². The van der Waals surface area contributed by atoms with Gasteiger partial charge in [0.05, 0.1) is 18.2 Å². The topological polar surface area (TPSA) is 73.3 Å². The molecule has 0 atom stereocenters. The average molecular weight is 382 g/mol. The van der Waals surface area contributed by atoms with Crippen LogP contribution in [0.5, 0.6) is 11.5 Å². The molecule has 0 radical (unpaired) electrons. The number of rotatable bonds is 8. The van der Waals surface area contributed by atoms with Crippen molar-refractivity contribution in [1.82, 2.24) is 10.2 Å². The predicted molar refractivity (Wildman–Crippen MR) is 98.2 cm³/mol. The molecule has 0 bridgehead atoms. The zero-order chi connectivity index (χ0) is 17.8. The molecule has 1 heterocycles. The number of hydrogen-bond donors (Lipinski definition) is 1. The van der Waals surface area contributed by atoms with Crippen molar-refractivity contribution in [3.63, 3.8) is 0 Å². The van der Waals surface area contributed by atoms with Gasteiger partial charge in [0.2, 0.25) is 5.13 Å². The van der Waals surface area contributed by atoms with Gasteiger partial charge in [-0.15, -0.1) is 10.2 Å². The van der Waals surface area contributed by atoms with Gasteiger partial charge in [0.25, 0.3) is 5.91 Å². The fourth-order valence-electron chi connectivity index (χ4n) is 2.26. The van der Waals surface area contributed by atoms with Crippen LogP contribution in [0, 0.1) is 0 Å². The molecule has 1 amide bonds. The molecule has 134 valence electrons. The van der Waals surface area contributed by atoms with Gasteiger partial charge in [-0.1, -0.05) is 29.9 Å². The molecule has 8 heteroatoms. The molecule has 1 aromatic heterocycles. The van der Waals surface area contributed by atoms with E-state index < -0.39 is 0 Å². The summed E-state index contributed by atoms with van der Waals surface area (Å²) < 4.78 is 11.2. The van der Waals surface area contributed by atoms with Crippen LogP contribution in [0.15, 0.2) is 12.1 Å². The molecule has 1 fully saturated rings. The van der Waals surface area contributed by atoms with Gasteiger partial charge in [-0.05, 0) is 38.3 Å². The van der Waals surface area contributed by atoms with E-state index in [4.69, 9.17) is 21.1 Å². The van der Waals surface area contributed by atoms with Crippen molar-refractivity contribution in [2.24, 2.45) is 0 Å². The summed E-state index contributed by atoms with van der Waals surface area (Å²) in [5.41, 5.74) is 0.389. The van der Waals surface area contributed by atoms with Gasteiger partial charge in [-0.2, -0.15) is 0 Å². The fourth-order valence-corrected chi connectivity index (χ4v) is 3.43. The van der Waals surface area contributed by atoms with Crippen molar-refractivity contribution in [2.75, 3.05) is 18.5 Å². The third-order valence-electron chi connectivity index (χ3n) is 3.61. The number of carbonyl (C=O) groups is 1. The summed E-state index contributed by atoms with van der Waals surface area (Å²) >= 11 is 7.71. The third-order valence-corrected chi connectivity index (χ3v) is 4.89. The highest BCUT2D eigenvalue weighted by Gasteiger charge is 2.28. The van der Waals surface area contributed by atoms with Crippen LogP contribution in [0.3, 0.4) is 0 Å². The summed E-state index contributed by atoms with van der Waals surface area (Å²) in [6.07, 6.45) is 3.15. The molecule has 0 unspecified atom stereocenters. The van der Waals surface area contributed by atoms with Gasteiger partial charge in [0.15, 0.2) is 11.5 Å². The molecule has 6 nitrogen and oxygen atoms in total. The van der Waals surface area contributed by atoms with Crippen LogP contribution in [-0.2, 0) is 0 Å². The molecule has 2 aromatic rings. The standard InChI is InChI=1S/C17H20ClN3O3S/c1-3-7-24-14-12(18)8-11(9-13(14)23-4-2)15(22)19-17-21-20-16(25-17)10-5-6-10/h8-10H,3-7H2,1-2H3,(H,19,21,22). The maximum absolute atomic E-state index is 12.5. The van der Waals surface area contributed by atoms with E-state index in [9.17, 15) is 4.79 Å². The van der Waals surface area contributed by atoms with Crippen molar-refractivity contribution in [3.05, 3.63) is 27.7 Å². The highest BCUT2D eigenvalue weighted by Crippen LogP contribution is 2.42. The first-order valence-electron chi connectivity index (χ1n) is 8.36. The highest BCUT2D eigenvalue weighted by molar-refractivity contribution is 7.15. The first-order valence-corrected chi connectivity index (χ1v) is 9.55. The molecule has 3 rings (SSSR count). The number of benzene rings is 1. The number of nitrogens with one attached hydrogen (secondary N) is 1. The zero-order valence-electron chi connectivity index (χ0n) is 14.2. The number of anilines is 1. The average Bonchev–Trinajstić information content (AvgIpc) is 3.34. The Hall–Kier alpha value is -1.86. The molecular weight excluding hydrogens is 362 g/mol. The van der Waals surface area contributed by atoms with Crippen LogP contribution in [0.2, 0.25) is 5.02 Å². The minimum atomic E-state index is -0.302. The Bertz CT molecular complexity index is 762. The Kier molecular flexibility index (Phi) is 5.75. The summed E-state index contributed by atoms with van der Waals surface area (Å²) in [4.78, 5) is 12.5. The number of aromatic nitrogens is 2. The number of amides is 1. The minimum Gasteiger partial charge on any atom is -0.490 e. The van der Waals surface area contributed by atoms with E-state index in [1.807, 2.05) is 13.8 Å². The summed E-state index contributed by atoms with van der Waals surface area (Å²) in [6, 6.07) is 3.21. The largest absolute Gasteiger partial charge is 0.490 e. The van der Waals surface area contributed by atoms with Gasteiger partial charge >= 0.3 is 0 Å². The highest BCUT2D eigenvalue weighted by atomic mass is 35.5. The van der Waals surface area contributed by atoms with Crippen molar-refractivity contribution in [2.45, 2.75) is 39.0 Å². The Morgan fingerprint density at radius 2 is 2.12 bits per heavy atom. The lowest BCUT2D eigenvalue weighted by Crippen LogP contribution is -2.12. The number of hydrogen-bond acceptors (Lipinski definition) is 6. The molecule has 1 saturated carbocycles. The molecule has 0 spiro atoms.